The average Bonchev–Trinajstić information content (AvgIpc) is 2.27. The number of anilines is 1. The molecule has 0 saturated heterocycles. The van der Waals surface area contributed by atoms with E-state index in [0.29, 0.717) is 12.6 Å². The molecule has 1 aromatic carbocycles. The summed E-state index contributed by atoms with van der Waals surface area (Å²) in [6.07, 6.45) is 3.24. The van der Waals surface area contributed by atoms with Gasteiger partial charge in [0.2, 0.25) is 0 Å². The van der Waals surface area contributed by atoms with Gasteiger partial charge >= 0.3 is 0 Å². The molecule has 0 saturated carbocycles. The van der Waals surface area contributed by atoms with E-state index in [-0.39, 0.29) is 0 Å². The van der Waals surface area contributed by atoms with Gasteiger partial charge in [0.25, 0.3) is 0 Å². The molecule has 0 radical (unpaired) electrons. The predicted molar refractivity (Wildman–Crippen MR) is 70.6 cm³/mol. The monoisotopic (exact) mass is 224 g/mol. The molecule has 1 unspecified atom stereocenters. The molecule has 15 heavy (non-hydrogen) atoms. The zero-order valence-corrected chi connectivity index (χ0v) is 10.3. The van der Waals surface area contributed by atoms with Crippen molar-refractivity contribution in [1.82, 2.24) is 0 Å². The van der Waals surface area contributed by atoms with E-state index in [0.717, 1.165) is 17.9 Å². The highest BCUT2D eigenvalue weighted by molar-refractivity contribution is 7.98. The summed E-state index contributed by atoms with van der Waals surface area (Å²) < 4.78 is 0. The molecule has 84 valence electrons. The molecule has 0 aliphatic heterocycles. The van der Waals surface area contributed by atoms with Gasteiger partial charge in [-0.15, -0.1) is 0 Å². The molecule has 0 amide bonds. The Morgan fingerprint density at radius 3 is 2.53 bits per heavy atom. The highest BCUT2D eigenvalue weighted by Crippen LogP contribution is 2.11. The molecule has 0 aliphatic rings. The minimum Gasteiger partial charge on any atom is -0.381 e. The van der Waals surface area contributed by atoms with Gasteiger partial charge in [-0.25, -0.2) is 0 Å². The molecule has 0 heterocycles. The number of hydrogen-bond acceptors (Lipinski definition) is 3. The Bertz CT molecular complexity index is 271. The lowest BCUT2D eigenvalue weighted by atomic mass is 10.2. The van der Waals surface area contributed by atoms with Crippen molar-refractivity contribution < 1.29 is 0 Å². The standard InChI is InChI=1S/C12H20N2S/c1-10-3-5-11(6-4-10)14-12(9-13)7-8-15-2/h3-6,12,14H,7-9,13H2,1-2H3. The van der Waals surface area contributed by atoms with Crippen LogP contribution in [0.4, 0.5) is 5.69 Å². The van der Waals surface area contributed by atoms with E-state index in [1.54, 1.807) is 0 Å². The highest BCUT2D eigenvalue weighted by atomic mass is 32.2. The summed E-state index contributed by atoms with van der Waals surface area (Å²) in [6.45, 7) is 2.78. The Morgan fingerprint density at radius 1 is 1.33 bits per heavy atom. The van der Waals surface area contributed by atoms with E-state index in [9.17, 15) is 0 Å². The molecule has 0 aromatic heterocycles. The van der Waals surface area contributed by atoms with Crippen LogP contribution in [0.1, 0.15) is 12.0 Å². The number of hydrogen-bond donors (Lipinski definition) is 2. The molecule has 1 atom stereocenters. The second-order valence-electron chi connectivity index (χ2n) is 3.72. The molecule has 0 aliphatic carbocycles. The third-order valence-electron chi connectivity index (χ3n) is 2.38. The van der Waals surface area contributed by atoms with Crippen molar-refractivity contribution in [3.8, 4) is 0 Å². The van der Waals surface area contributed by atoms with Crippen molar-refractivity contribution in [2.75, 3.05) is 23.9 Å². The van der Waals surface area contributed by atoms with Crippen LogP contribution in [0.25, 0.3) is 0 Å². The lowest BCUT2D eigenvalue weighted by Crippen LogP contribution is -2.29. The van der Waals surface area contributed by atoms with Crippen LogP contribution in [0.5, 0.6) is 0 Å². The summed E-state index contributed by atoms with van der Waals surface area (Å²) in [4.78, 5) is 0. The largest absolute Gasteiger partial charge is 0.381 e. The molecular formula is C12H20N2S. The number of benzene rings is 1. The minimum atomic E-state index is 0.389. The zero-order chi connectivity index (χ0) is 11.1. The Hall–Kier alpha value is -0.670. The van der Waals surface area contributed by atoms with Crippen LogP contribution < -0.4 is 11.1 Å². The smallest absolute Gasteiger partial charge is 0.0391 e. The van der Waals surface area contributed by atoms with E-state index >= 15 is 0 Å². The van der Waals surface area contributed by atoms with Crippen LogP contribution in [-0.2, 0) is 0 Å². The fraction of sp³-hybridized carbons (Fsp3) is 0.500. The number of aryl methyl sites for hydroxylation is 1. The zero-order valence-electron chi connectivity index (χ0n) is 9.49. The second kappa shape index (κ2) is 6.75. The maximum atomic E-state index is 5.72. The molecular weight excluding hydrogens is 204 g/mol. The van der Waals surface area contributed by atoms with Crippen LogP contribution in [0.15, 0.2) is 24.3 Å². The van der Waals surface area contributed by atoms with E-state index in [1.807, 2.05) is 11.8 Å². The van der Waals surface area contributed by atoms with Gasteiger partial charge in [0.15, 0.2) is 0 Å². The number of nitrogens with one attached hydrogen (secondary N) is 1. The highest BCUT2D eigenvalue weighted by Gasteiger charge is 2.05. The van der Waals surface area contributed by atoms with E-state index < -0.39 is 0 Å². The number of thioether (sulfide) groups is 1. The molecule has 0 spiro atoms. The lowest BCUT2D eigenvalue weighted by Gasteiger charge is -2.17. The maximum absolute atomic E-state index is 5.72. The molecule has 1 rings (SSSR count). The van der Waals surface area contributed by atoms with Crippen molar-refractivity contribution in [1.29, 1.82) is 0 Å². The van der Waals surface area contributed by atoms with Crippen molar-refractivity contribution in [3.63, 3.8) is 0 Å². The van der Waals surface area contributed by atoms with Crippen LogP contribution in [0, 0.1) is 6.92 Å². The lowest BCUT2D eigenvalue weighted by molar-refractivity contribution is 0.710. The molecule has 3 heteroatoms. The van der Waals surface area contributed by atoms with Gasteiger partial charge in [0.05, 0.1) is 0 Å². The summed E-state index contributed by atoms with van der Waals surface area (Å²) in [5.41, 5.74) is 8.17. The average molecular weight is 224 g/mol. The maximum Gasteiger partial charge on any atom is 0.0391 e. The quantitative estimate of drug-likeness (QED) is 0.779. The SMILES string of the molecule is CSCCC(CN)Nc1ccc(C)cc1. The van der Waals surface area contributed by atoms with Crippen molar-refractivity contribution >= 4 is 17.4 Å². The Balaban J connectivity index is 2.47. The summed E-state index contributed by atoms with van der Waals surface area (Å²) in [5.74, 6) is 1.15. The fourth-order valence-electron chi connectivity index (χ4n) is 1.39. The molecule has 0 bridgehead atoms. The normalized spacial score (nSPS) is 12.5. The Morgan fingerprint density at radius 2 is 2.00 bits per heavy atom. The van der Waals surface area contributed by atoms with Gasteiger partial charge in [-0.1, -0.05) is 17.7 Å². The summed E-state index contributed by atoms with van der Waals surface area (Å²) in [6, 6.07) is 8.84. The number of rotatable bonds is 6. The van der Waals surface area contributed by atoms with Crippen LogP contribution in [0.3, 0.4) is 0 Å². The van der Waals surface area contributed by atoms with Crippen molar-refractivity contribution in [2.45, 2.75) is 19.4 Å². The van der Waals surface area contributed by atoms with E-state index in [1.165, 1.54) is 5.56 Å². The van der Waals surface area contributed by atoms with Gasteiger partial charge in [0, 0.05) is 18.3 Å². The van der Waals surface area contributed by atoms with Crippen molar-refractivity contribution in [2.24, 2.45) is 5.73 Å². The molecule has 2 nitrogen and oxygen atoms in total. The van der Waals surface area contributed by atoms with Crippen LogP contribution >= 0.6 is 11.8 Å². The van der Waals surface area contributed by atoms with Gasteiger partial charge in [0.1, 0.15) is 0 Å². The minimum absolute atomic E-state index is 0.389. The Kier molecular flexibility index (Phi) is 5.58. The fourth-order valence-corrected chi connectivity index (χ4v) is 1.91. The molecule has 3 N–H and O–H groups in total. The van der Waals surface area contributed by atoms with Gasteiger partial charge in [-0.05, 0) is 37.5 Å². The molecule has 0 fully saturated rings. The van der Waals surface area contributed by atoms with E-state index in [4.69, 9.17) is 5.73 Å². The van der Waals surface area contributed by atoms with Gasteiger partial charge < -0.3 is 11.1 Å². The Labute approximate surface area is 96.6 Å². The van der Waals surface area contributed by atoms with Gasteiger partial charge in [-0.3, -0.25) is 0 Å². The summed E-state index contributed by atoms with van der Waals surface area (Å²) >= 11 is 1.86. The van der Waals surface area contributed by atoms with Crippen LogP contribution in [-0.4, -0.2) is 24.6 Å². The van der Waals surface area contributed by atoms with Crippen LogP contribution in [0.2, 0.25) is 0 Å². The predicted octanol–water partition coefficient (Wildman–Crippen LogP) is 2.49. The van der Waals surface area contributed by atoms with Crippen molar-refractivity contribution in [3.05, 3.63) is 29.8 Å². The first-order chi connectivity index (χ1) is 7.26. The number of nitrogens with two attached hydrogens (primary N) is 1. The first-order valence-corrected chi connectivity index (χ1v) is 6.68. The third-order valence-corrected chi connectivity index (χ3v) is 3.02. The topological polar surface area (TPSA) is 38.0 Å². The first-order valence-electron chi connectivity index (χ1n) is 5.28. The summed E-state index contributed by atoms with van der Waals surface area (Å²) in [7, 11) is 0. The summed E-state index contributed by atoms with van der Waals surface area (Å²) in [5, 5.41) is 3.45. The van der Waals surface area contributed by atoms with E-state index in [2.05, 4.69) is 42.8 Å². The first kappa shape index (κ1) is 12.4. The molecule has 1 aromatic rings. The third kappa shape index (κ3) is 4.58. The second-order valence-corrected chi connectivity index (χ2v) is 4.71. The van der Waals surface area contributed by atoms with Gasteiger partial charge in [-0.2, -0.15) is 11.8 Å².